The van der Waals surface area contributed by atoms with Crippen LogP contribution in [0.1, 0.15) is 38.2 Å². The average Bonchev–Trinajstić information content (AvgIpc) is 2.86. The summed E-state index contributed by atoms with van der Waals surface area (Å²) in [6.45, 7) is 8.24. The van der Waals surface area contributed by atoms with Crippen molar-refractivity contribution in [3.05, 3.63) is 36.2 Å². The Labute approximate surface area is 119 Å². The van der Waals surface area contributed by atoms with Crippen molar-refractivity contribution in [3.63, 3.8) is 0 Å². The van der Waals surface area contributed by atoms with Crippen molar-refractivity contribution < 1.29 is 0 Å². The molecule has 0 fully saturated rings. The molecule has 0 saturated heterocycles. The van der Waals surface area contributed by atoms with E-state index in [2.05, 4.69) is 46.4 Å². The molecular weight excluding hydrogens is 252 g/mol. The van der Waals surface area contributed by atoms with Gasteiger partial charge in [-0.3, -0.25) is 0 Å². The smallest absolute Gasteiger partial charge is 0.138 e. The van der Waals surface area contributed by atoms with Crippen molar-refractivity contribution in [1.29, 1.82) is 0 Å². The van der Waals surface area contributed by atoms with Crippen LogP contribution in [0.5, 0.6) is 0 Å². The molecule has 6 heteroatoms. The minimum atomic E-state index is 0.186. The summed E-state index contributed by atoms with van der Waals surface area (Å²) in [6, 6.07) is 2.18. The van der Waals surface area contributed by atoms with Crippen molar-refractivity contribution in [2.75, 3.05) is 6.54 Å². The molecule has 0 amide bonds. The number of nitrogens with one attached hydrogen (secondary N) is 1. The van der Waals surface area contributed by atoms with Crippen LogP contribution >= 0.6 is 0 Å². The van der Waals surface area contributed by atoms with Gasteiger partial charge in [-0.05, 0) is 24.1 Å². The summed E-state index contributed by atoms with van der Waals surface area (Å²) < 4.78 is 1.99. The molecule has 1 atom stereocenters. The highest BCUT2D eigenvalue weighted by Gasteiger charge is 2.15. The first-order valence-electron chi connectivity index (χ1n) is 7.07. The largest absolute Gasteiger partial charge is 0.310 e. The van der Waals surface area contributed by atoms with Gasteiger partial charge in [0.05, 0.1) is 6.20 Å². The molecule has 0 aliphatic rings. The highest BCUT2D eigenvalue weighted by atomic mass is 15.3. The van der Waals surface area contributed by atoms with E-state index in [9.17, 15) is 0 Å². The fraction of sp³-hybridized carbons (Fsp3) is 0.571. The van der Waals surface area contributed by atoms with Gasteiger partial charge in [0.2, 0.25) is 0 Å². The first-order valence-corrected chi connectivity index (χ1v) is 7.07. The molecular formula is C14H22N6. The Bertz CT molecular complexity index is 507. The second-order valence-electron chi connectivity index (χ2n) is 5.24. The summed E-state index contributed by atoms with van der Waals surface area (Å²) in [4.78, 5) is 4.39. The lowest BCUT2D eigenvalue weighted by molar-refractivity contribution is 0.446. The second-order valence-corrected chi connectivity index (χ2v) is 5.24. The maximum absolute atomic E-state index is 4.39. The third-order valence-corrected chi connectivity index (χ3v) is 3.08. The van der Waals surface area contributed by atoms with Crippen LogP contribution < -0.4 is 5.32 Å². The highest BCUT2D eigenvalue weighted by molar-refractivity contribution is 5.13. The number of hydrogen-bond acceptors (Lipinski definition) is 5. The zero-order chi connectivity index (χ0) is 14.4. The van der Waals surface area contributed by atoms with Crippen LogP contribution in [0.25, 0.3) is 0 Å². The van der Waals surface area contributed by atoms with Crippen molar-refractivity contribution >= 4 is 0 Å². The third-order valence-electron chi connectivity index (χ3n) is 3.08. The van der Waals surface area contributed by atoms with Gasteiger partial charge in [-0.2, -0.15) is 15.3 Å². The van der Waals surface area contributed by atoms with Gasteiger partial charge in [-0.15, -0.1) is 0 Å². The van der Waals surface area contributed by atoms with Crippen LogP contribution in [0.15, 0.2) is 24.8 Å². The Kier molecular flexibility index (Phi) is 5.17. The molecule has 2 aromatic rings. The van der Waals surface area contributed by atoms with Crippen molar-refractivity contribution in [2.45, 2.75) is 39.8 Å². The molecule has 2 heterocycles. The summed E-state index contributed by atoms with van der Waals surface area (Å²) in [7, 11) is 0. The lowest BCUT2D eigenvalue weighted by Crippen LogP contribution is -2.25. The summed E-state index contributed by atoms with van der Waals surface area (Å²) in [6.07, 6.45) is 5.95. The third kappa shape index (κ3) is 3.84. The molecule has 0 saturated carbocycles. The van der Waals surface area contributed by atoms with Crippen molar-refractivity contribution in [3.8, 4) is 0 Å². The minimum Gasteiger partial charge on any atom is -0.310 e. The highest BCUT2D eigenvalue weighted by Crippen LogP contribution is 2.16. The van der Waals surface area contributed by atoms with Gasteiger partial charge in [0.25, 0.3) is 0 Å². The van der Waals surface area contributed by atoms with E-state index in [4.69, 9.17) is 0 Å². The average molecular weight is 274 g/mol. The molecule has 0 radical (unpaired) electrons. The zero-order valence-corrected chi connectivity index (χ0v) is 12.3. The zero-order valence-electron chi connectivity index (χ0n) is 12.3. The van der Waals surface area contributed by atoms with E-state index in [-0.39, 0.29) is 6.04 Å². The molecule has 1 unspecified atom stereocenters. The summed E-state index contributed by atoms with van der Waals surface area (Å²) in [5.41, 5.74) is 1.13. The van der Waals surface area contributed by atoms with Gasteiger partial charge in [0.15, 0.2) is 0 Å². The number of aromatic nitrogens is 5. The molecule has 1 N–H and O–H groups in total. The first kappa shape index (κ1) is 14.6. The van der Waals surface area contributed by atoms with Gasteiger partial charge in [0.1, 0.15) is 12.2 Å². The Hall–Kier alpha value is -1.82. The molecule has 108 valence electrons. The quantitative estimate of drug-likeness (QED) is 0.831. The Morgan fingerprint density at radius 1 is 1.30 bits per heavy atom. The van der Waals surface area contributed by atoms with Crippen molar-refractivity contribution in [1.82, 2.24) is 30.3 Å². The predicted octanol–water partition coefficient (Wildman–Crippen LogP) is 1.62. The SMILES string of the molecule is CCNC(Cc1ncnn1CC(C)C)c1ccnnc1. The molecule has 0 aliphatic carbocycles. The van der Waals surface area contributed by atoms with E-state index in [1.54, 1.807) is 18.7 Å². The van der Waals surface area contributed by atoms with Crippen molar-refractivity contribution in [2.24, 2.45) is 5.92 Å². The van der Waals surface area contributed by atoms with Crippen LogP contribution in [0.3, 0.4) is 0 Å². The van der Waals surface area contributed by atoms with E-state index in [1.807, 2.05) is 10.7 Å². The Morgan fingerprint density at radius 2 is 2.15 bits per heavy atom. The summed E-state index contributed by atoms with van der Waals surface area (Å²) >= 11 is 0. The van der Waals surface area contributed by atoms with Gasteiger partial charge < -0.3 is 5.32 Å². The summed E-state index contributed by atoms with van der Waals surface area (Å²) in [5, 5.41) is 15.6. The molecule has 0 bridgehead atoms. The molecule has 20 heavy (non-hydrogen) atoms. The Morgan fingerprint density at radius 3 is 2.80 bits per heavy atom. The second kappa shape index (κ2) is 7.09. The standard InChI is InChI=1S/C14H22N6/c1-4-15-13(12-5-6-17-18-8-12)7-14-16-10-19-20(14)9-11(2)3/h5-6,8,10-11,13,15H,4,7,9H2,1-3H3. The molecule has 2 rings (SSSR count). The van der Waals surface area contributed by atoms with Crippen LogP contribution in [0.4, 0.5) is 0 Å². The van der Waals surface area contributed by atoms with Gasteiger partial charge >= 0.3 is 0 Å². The monoisotopic (exact) mass is 274 g/mol. The normalized spacial score (nSPS) is 12.8. The van der Waals surface area contributed by atoms with E-state index in [0.29, 0.717) is 5.92 Å². The number of likely N-dealkylation sites (N-methyl/N-ethyl adjacent to an activating group) is 1. The van der Waals surface area contributed by atoms with Gasteiger partial charge in [-0.1, -0.05) is 20.8 Å². The lowest BCUT2D eigenvalue weighted by atomic mass is 10.1. The van der Waals surface area contributed by atoms with E-state index >= 15 is 0 Å². The van der Waals surface area contributed by atoms with Crippen LogP contribution in [0, 0.1) is 5.92 Å². The minimum absolute atomic E-state index is 0.186. The van der Waals surface area contributed by atoms with Gasteiger partial charge in [-0.25, -0.2) is 9.67 Å². The Balaban J connectivity index is 2.14. The van der Waals surface area contributed by atoms with Crippen LogP contribution in [0.2, 0.25) is 0 Å². The number of hydrogen-bond donors (Lipinski definition) is 1. The molecule has 0 aromatic carbocycles. The van der Waals surface area contributed by atoms with E-state index in [1.165, 1.54) is 0 Å². The van der Waals surface area contributed by atoms with Crippen LogP contribution in [-0.4, -0.2) is 31.5 Å². The van der Waals surface area contributed by atoms with E-state index < -0.39 is 0 Å². The predicted molar refractivity (Wildman–Crippen MR) is 77.0 cm³/mol. The lowest BCUT2D eigenvalue weighted by Gasteiger charge is -2.18. The fourth-order valence-electron chi connectivity index (χ4n) is 2.19. The first-order chi connectivity index (χ1) is 9.70. The maximum atomic E-state index is 4.39. The van der Waals surface area contributed by atoms with Crippen LogP contribution in [-0.2, 0) is 13.0 Å². The number of nitrogens with zero attached hydrogens (tertiary/aromatic N) is 5. The van der Waals surface area contributed by atoms with Gasteiger partial charge in [0, 0.05) is 25.2 Å². The topological polar surface area (TPSA) is 68.5 Å². The molecule has 0 aliphatic heterocycles. The molecule has 6 nitrogen and oxygen atoms in total. The fourth-order valence-corrected chi connectivity index (χ4v) is 2.19. The maximum Gasteiger partial charge on any atom is 0.138 e. The molecule has 2 aromatic heterocycles. The summed E-state index contributed by atoms with van der Waals surface area (Å²) in [5.74, 6) is 1.55. The van der Waals surface area contributed by atoms with E-state index in [0.717, 1.165) is 30.9 Å². The molecule has 0 spiro atoms. The number of rotatable bonds is 7.